The molecule has 0 spiro atoms. The lowest BCUT2D eigenvalue weighted by atomic mass is 10.0. The Labute approximate surface area is 138 Å². The van der Waals surface area contributed by atoms with Crippen molar-refractivity contribution in [2.24, 2.45) is 0 Å². The first-order valence-corrected chi connectivity index (χ1v) is 8.03. The zero-order valence-corrected chi connectivity index (χ0v) is 13.3. The minimum Gasteiger partial charge on any atom is -0.391 e. The molecule has 1 aliphatic heterocycles. The van der Waals surface area contributed by atoms with Gasteiger partial charge in [0.2, 0.25) is 0 Å². The summed E-state index contributed by atoms with van der Waals surface area (Å²) in [7, 11) is 0. The molecule has 2 aromatic heterocycles. The summed E-state index contributed by atoms with van der Waals surface area (Å²) in [6.07, 6.45) is 3.39. The number of aryl methyl sites for hydroxylation is 1. The van der Waals surface area contributed by atoms with Gasteiger partial charge in [-0.05, 0) is 31.0 Å². The number of rotatable bonds is 3. The zero-order valence-electron chi connectivity index (χ0n) is 13.3. The lowest BCUT2D eigenvalue weighted by molar-refractivity contribution is 0.194. The third kappa shape index (κ3) is 2.41. The predicted octanol–water partition coefficient (Wildman–Crippen LogP) is 2.30. The number of benzene rings is 1. The van der Waals surface area contributed by atoms with Crippen LogP contribution in [0.3, 0.4) is 0 Å². The number of anilines is 1. The van der Waals surface area contributed by atoms with Gasteiger partial charge in [-0.1, -0.05) is 12.1 Å². The highest BCUT2D eigenvalue weighted by Crippen LogP contribution is 2.37. The fourth-order valence-electron chi connectivity index (χ4n) is 3.36. The van der Waals surface area contributed by atoms with E-state index >= 15 is 0 Å². The SMILES string of the molecule is CCn1cnc2c(N3C[C@H](O)C[C@@H]3c3ccc(F)cc3)ncnc21. The van der Waals surface area contributed by atoms with Crippen molar-refractivity contribution in [2.45, 2.75) is 32.0 Å². The number of hydrogen-bond acceptors (Lipinski definition) is 5. The van der Waals surface area contributed by atoms with E-state index in [0.29, 0.717) is 18.8 Å². The maximum atomic E-state index is 13.2. The molecule has 1 aromatic carbocycles. The van der Waals surface area contributed by atoms with Crippen LogP contribution in [-0.4, -0.2) is 37.3 Å². The largest absolute Gasteiger partial charge is 0.391 e. The fourth-order valence-corrected chi connectivity index (χ4v) is 3.36. The molecule has 1 N–H and O–H groups in total. The number of aliphatic hydroxyl groups is 1. The summed E-state index contributed by atoms with van der Waals surface area (Å²) in [6.45, 7) is 3.27. The van der Waals surface area contributed by atoms with Crippen LogP contribution >= 0.6 is 0 Å². The molecule has 6 nitrogen and oxygen atoms in total. The number of hydrogen-bond donors (Lipinski definition) is 1. The highest BCUT2D eigenvalue weighted by Gasteiger charge is 2.34. The Morgan fingerprint density at radius 3 is 2.75 bits per heavy atom. The topological polar surface area (TPSA) is 67.1 Å². The monoisotopic (exact) mass is 327 g/mol. The molecule has 7 heteroatoms. The highest BCUT2D eigenvalue weighted by atomic mass is 19.1. The van der Waals surface area contributed by atoms with Crippen LogP contribution in [0.25, 0.3) is 11.2 Å². The van der Waals surface area contributed by atoms with Crippen LogP contribution in [0.15, 0.2) is 36.9 Å². The van der Waals surface area contributed by atoms with Crippen molar-refractivity contribution in [3.63, 3.8) is 0 Å². The van der Waals surface area contributed by atoms with Crippen LogP contribution in [0.4, 0.5) is 10.2 Å². The van der Waals surface area contributed by atoms with E-state index in [-0.39, 0.29) is 11.9 Å². The molecule has 124 valence electrons. The summed E-state index contributed by atoms with van der Waals surface area (Å²) < 4.78 is 15.2. The molecule has 2 atom stereocenters. The first-order valence-electron chi connectivity index (χ1n) is 8.03. The fraction of sp³-hybridized carbons (Fsp3) is 0.353. The first-order chi connectivity index (χ1) is 11.7. The Hall–Kier alpha value is -2.54. The lowest BCUT2D eigenvalue weighted by Gasteiger charge is -2.25. The Kier molecular flexibility index (Phi) is 3.65. The molecule has 0 unspecified atom stereocenters. The molecular weight excluding hydrogens is 309 g/mol. The van der Waals surface area contributed by atoms with Crippen LogP contribution in [0.5, 0.6) is 0 Å². The normalized spacial score (nSPS) is 20.9. The first kappa shape index (κ1) is 15.0. The van der Waals surface area contributed by atoms with E-state index in [4.69, 9.17) is 0 Å². The molecule has 0 amide bonds. The molecule has 0 aliphatic carbocycles. The molecule has 4 rings (SSSR count). The third-order valence-electron chi connectivity index (χ3n) is 4.53. The summed E-state index contributed by atoms with van der Waals surface area (Å²) in [5.41, 5.74) is 2.46. The second-order valence-electron chi connectivity index (χ2n) is 6.01. The molecular formula is C17H18FN5O. The van der Waals surface area contributed by atoms with E-state index in [0.717, 1.165) is 23.3 Å². The number of aliphatic hydroxyl groups excluding tert-OH is 1. The lowest BCUT2D eigenvalue weighted by Crippen LogP contribution is -2.25. The van der Waals surface area contributed by atoms with Gasteiger partial charge in [0.1, 0.15) is 12.1 Å². The molecule has 1 fully saturated rings. The maximum absolute atomic E-state index is 13.2. The molecule has 1 saturated heterocycles. The van der Waals surface area contributed by atoms with Crippen LogP contribution in [-0.2, 0) is 6.54 Å². The average Bonchev–Trinajstić information content (AvgIpc) is 3.18. The third-order valence-corrected chi connectivity index (χ3v) is 4.53. The number of aromatic nitrogens is 4. The Morgan fingerprint density at radius 2 is 2.00 bits per heavy atom. The molecule has 3 aromatic rings. The summed E-state index contributed by atoms with van der Waals surface area (Å²) in [5, 5.41) is 10.2. The maximum Gasteiger partial charge on any atom is 0.165 e. The number of halogens is 1. The molecule has 0 bridgehead atoms. The van der Waals surface area contributed by atoms with Crippen LogP contribution < -0.4 is 4.90 Å². The van der Waals surface area contributed by atoms with E-state index in [1.54, 1.807) is 18.5 Å². The van der Waals surface area contributed by atoms with Gasteiger partial charge in [0.25, 0.3) is 0 Å². The van der Waals surface area contributed by atoms with E-state index in [9.17, 15) is 9.50 Å². The average molecular weight is 327 g/mol. The van der Waals surface area contributed by atoms with Gasteiger partial charge in [-0.15, -0.1) is 0 Å². The van der Waals surface area contributed by atoms with Gasteiger partial charge >= 0.3 is 0 Å². The van der Waals surface area contributed by atoms with Crippen molar-refractivity contribution in [2.75, 3.05) is 11.4 Å². The second-order valence-corrected chi connectivity index (χ2v) is 6.01. The zero-order chi connectivity index (χ0) is 16.7. The van der Waals surface area contributed by atoms with E-state index in [1.165, 1.54) is 18.5 Å². The Bertz CT molecular complexity index is 863. The standard InChI is InChI=1S/C17H18FN5O/c1-2-22-10-21-15-16(22)19-9-20-17(15)23-8-13(24)7-14(23)11-3-5-12(18)6-4-11/h3-6,9-10,13-14,24H,2,7-8H2,1H3/t13-,14-/m1/s1. The van der Waals surface area contributed by atoms with Gasteiger partial charge in [0.15, 0.2) is 17.0 Å². The van der Waals surface area contributed by atoms with Crippen LogP contribution in [0.2, 0.25) is 0 Å². The molecule has 1 aliphatic rings. The predicted molar refractivity (Wildman–Crippen MR) is 88.1 cm³/mol. The van der Waals surface area contributed by atoms with Crippen molar-refractivity contribution < 1.29 is 9.50 Å². The molecule has 3 heterocycles. The molecule has 0 radical (unpaired) electrons. The highest BCUT2D eigenvalue weighted by molar-refractivity contribution is 5.83. The van der Waals surface area contributed by atoms with Crippen molar-refractivity contribution >= 4 is 17.0 Å². The van der Waals surface area contributed by atoms with Gasteiger partial charge in [-0.2, -0.15) is 0 Å². The van der Waals surface area contributed by atoms with Gasteiger partial charge in [0, 0.05) is 13.1 Å². The summed E-state index contributed by atoms with van der Waals surface area (Å²) >= 11 is 0. The van der Waals surface area contributed by atoms with Gasteiger partial charge in [-0.3, -0.25) is 0 Å². The second kappa shape index (κ2) is 5.83. The summed E-state index contributed by atoms with van der Waals surface area (Å²) in [5.74, 6) is 0.438. The quantitative estimate of drug-likeness (QED) is 0.799. The number of imidazole rings is 1. The summed E-state index contributed by atoms with van der Waals surface area (Å²) in [6, 6.07) is 6.34. The number of β-amino-alcohol motifs (C(OH)–C–C–N with tert-alkyl or cyclic N) is 1. The Balaban J connectivity index is 1.79. The van der Waals surface area contributed by atoms with Crippen LogP contribution in [0.1, 0.15) is 24.9 Å². The van der Waals surface area contributed by atoms with E-state index in [1.807, 2.05) is 16.4 Å². The van der Waals surface area contributed by atoms with Crippen molar-refractivity contribution in [1.29, 1.82) is 0 Å². The summed E-state index contributed by atoms with van der Waals surface area (Å²) in [4.78, 5) is 15.2. The van der Waals surface area contributed by atoms with Crippen LogP contribution in [0, 0.1) is 5.82 Å². The van der Waals surface area contributed by atoms with Crippen molar-refractivity contribution in [3.8, 4) is 0 Å². The van der Waals surface area contributed by atoms with Gasteiger partial charge < -0.3 is 14.6 Å². The minimum atomic E-state index is -0.460. The number of nitrogens with zero attached hydrogens (tertiary/aromatic N) is 5. The smallest absolute Gasteiger partial charge is 0.165 e. The number of fused-ring (bicyclic) bond motifs is 1. The molecule has 24 heavy (non-hydrogen) atoms. The van der Waals surface area contributed by atoms with Gasteiger partial charge in [-0.25, -0.2) is 19.3 Å². The van der Waals surface area contributed by atoms with Gasteiger partial charge in [0.05, 0.1) is 18.5 Å². The Morgan fingerprint density at radius 1 is 1.21 bits per heavy atom. The van der Waals surface area contributed by atoms with E-state index in [2.05, 4.69) is 15.0 Å². The minimum absolute atomic E-state index is 0.0644. The van der Waals surface area contributed by atoms with Crippen molar-refractivity contribution in [3.05, 3.63) is 48.3 Å². The molecule has 0 saturated carbocycles. The van der Waals surface area contributed by atoms with Crippen molar-refractivity contribution in [1.82, 2.24) is 19.5 Å². The van der Waals surface area contributed by atoms with E-state index < -0.39 is 6.10 Å².